The highest BCUT2D eigenvalue weighted by Crippen LogP contribution is 2.49. The first-order valence-corrected chi connectivity index (χ1v) is 23.1. The van der Waals surface area contributed by atoms with Gasteiger partial charge in [0.2, 0.25) is 0 Å². The minimum absolute atomic E-state index is 0.00866. The number of benzene rings is 4. The lowest BCUT2D eigenvalue weighted by Crippen LogP contribution is -2.64. The second kappa shape index (κ2) is 16.0. The van der Waals surface area contributed by atoms with Crippen molar-refractivity contribution < 1.29 is 22.5 Å². The van der Waals surface area contributed by atoms with Crippen LogP contribution in [0.2, 0.25) is 22.2 Å². The van der Waals surface area contributed by atoms with Gasteiger partial charge in [0, 0.05) is 13.1 Å². The smallest absolute Gasteiger partial charge is 0.335 e. The molecule has 0 amide bonds. The van der Waals surface area contributed by atoms with Gasteiger partial charge in [-0.25, -0.2) is 0 Å². The first-order valence-electron chi connectivity index (χ1n) is 19.1. The van der Waals surface area contributed by atoms with E-state index >= 15 is 4.79 Å². The predicted molar refractivity (Wildman–Crippen MR) is 214 cm³/mol. The van der Waals surface area contributed by atoms with Gasteiger partial charge in [0.05, 0.1) is 18.8 Å². The highest BCUT2D eigenvalue weighted by atomic mass is 28.5. The number of ether oxygens (including phenoxy) is 1. The fourth-order valence-corrected chi connectivity index (χ4v) is 19.7. The van der Waals surface area contributed by atoms with Crippen LogP contribution in [-0.4, -0.2) is 59.2 Å². The highest BCUT2D eigenvalue weighted by molar-refractivity contribution is 6.84. The molecule has 0 spiro atoms. The van der Waals surface area contributed by atoms with Gasteiger partial charge in [-0.1, -0.05) is 177 Å². The average Bonchev–Trinajstić information content (AvgIpc) is 3.32. The third-order valence-electron chi connectivity index (χ3n) is 11.2. The second-order valence-electron chi connectivity index (χ2n) is 15.8. The zero-order valence-corrected chi connectivity index (χ0v) is 34.2. The number of carbonyl (C=O) groups excluding carboxylic acids is 1. The molecule has 2 fully saturated rings. The topological polar surface area (TPSA) is 57.2 Å². The van der Waals surface area contributed by atoms with Crippen molar-refractivity contribution in [3.63, 3.8) is 0 Å². The van der Waals surface area contributed by atoms with Gasteiger partial charge in [-0.3, -0.25) is 9.69 Å². The Morgan fingerprint density at radius 1 is 0.635 bits per heavy atom. The molecule has 2 aliphatic rings. The van der Waals surface area contributed by atoms with Gasteiger partial charge in [-0.2, -0.15) is 0 Å². The summed E-state index contributed by atoms with van der Waals surface area (Å²) >= 11 is 0. The van der Waals surface area contributed by atoms with Crippen LogP contribution in [0.25, 0.3) is 0 Å². The molecule has 4 aromatic rings. The lowest BCUT2D eigenvalue weighted by molar-refractivity contribution is -0.151. The summed E-state index contributed by atoms with van der Waals surface area (Å²) in [5.41, 5.74) is 3.80. The Morgan fingerprint density at radius 2 is 1.04 bits per heavy atom. The summed E-state index contributed by atoms with van der Waals surface area (Å²) in [6.45, 7) is 19.0. The molecule has 52 heavy (non-hydrogen) atoms. The van der Waals surface area contributed by atoms with Crippen molar-refractivity contribution in [2.75, 3.05) is 13.2 Å². The van der Waals surface area contributed by atoms with E-state index in [-0.39, 0.29) is 34.6 Å². The zero-order chi connectivity index (χ0) is 37.1. The summed E-state index contributed by atoms with van der Waals surface area (Å²) in [7, 11) is -5.87. The fourth-order valence-electron chi connectivity index (χ4n) is 8.47. The lowest BCUT2D eigenvalue weighted by atomic mass is 9.80. The number of carbonyl (C=O) groups is 1. The van der Waals surface area contributed by atoms with Crippen LogP contribution < -0.4 is 0 Å². The highest BCUT2D eigenvalue weighted by Gasteiger charge is 2.63. The Bertz CT molecular complexity index is 1620. The molecule has 0 aliphatic carbocycles. The maximum atomic E-state index is 15.4. The number of Topliss-reactive ketones (excluding diaryl/α,β-unsaturated/α-hetero) is 1. The summed E-state index contributed by atoms with van der Waals surface area (Å²) in [6.07, 6.45) is -1.19. The fraction of sp³-hybridized carbons (Fsp3) is 0.432. The van der Waals surface area contributed by atoms with Crippen LogP contribution in [0.15, 0.2) is 121 Å². The van der Waals surface area contributed by atoms with Gasteiger partial charge >= 0.3 is 17.1 Å². The van der Waals surface area contributed by atoms with Crippen LogP contribution >= 0.6 is 0 Å². The zero-order valence-electron chi connectivity index (χ0n) is 32.2. The largest absolute Gasteiger partial charge is 0.414 e. The van der Waals surface area contributed by atoms with Crippen molar-refractivity contribution in [1.29, 1.82) is 0 Å². The molecule has 0 aromatic heterocycles. The molecule has 6 rings (SSSR count). The number of ketones is 1. The molecule has 0 radical (unpaired) electrons. The molecular weight excluding hydrogens is 679 g/mol. The number of fused-ring (bicyclic) bond motifs is 1. The van der Waals surface area contributed by atoms with Crippen LogP contribution in [0.3, 0.4) is 0 Å². The molecule has 276 valence electrons. The number of nitrogens with zero attached hydrogens (tertiary/aromatic N) is 1. The Morgan fingerprint density at radius 3 is 1.46 bits per heavy atom. The van der Waals surface area contributed by atoms with Gasteiger partial charge in [-0.05, 0) is 44.4 Å². The Hall–Kier alpha value is -3.22. The van der Waals surface area contributed by atoms with Crippen LogP contribution in [0.5, 0.6) is 0 Å². The summed E-state index contributed by atoms with van der Waals surface area (Å²) in [4.78, 5) is 17.6. The van der Waals surface area contributed by atoms with Gasteiger partial charge in [-0.15, -0.1) is 0 Å². The van der Waals surface area contributed by atoms with E-state index in [0.717, 1.165) is 22.3 Å². The van der Waals surface area contributed by atoms with E-state index in [9.17, 15) is 0 Å². The molecule has 0 unspecified atom stereocenters. The molecule has 0 bridgehead atoms. The molecule has 6 nitrogen and oxygen atoms in total. The SMILES string of the molecule is CC(C)[Si]1(C(C)C)O[C@H]2CN(Cc3ccccc3)[C@H](COC(c3ccccc3)(c3ccccc3)c3ccccc3)C(=O)[C@@H]2O[Si](C(C)C)(C(C)C)O1. The molecule has 8 heteroatoms. The lowest BCUT2D eigenvalue weighted by Gasteiger charge is -2.46. The van der Waals surface area contributed by atoms with E-state index in [1.54, 1.807) is 0 Å². The summed E-state index contributed by atoms with van der Waals surface area (Å²) in [5.74, 6) is 0.00866. The number of rotatable bonds is 12. The third kappa shape index (κ3) is 7.19. The van der Waals surface area contributed by atoms with Crippen LogP contribution in [0.4, 0.5) is 0 Å². The normalized spacial score (nSPS) is 22.2. The van der Waals surface area contributed by atoms with Crippen molar-refractivity contribution >= 4 is 22.9 Å². The molecule has 2 saturated heterocycles. The van der Waals surface area contributed by atoms with Gasteiger partial charge < -0.3 is 17.7 Å². The van der Waals surface area contributed by atoms with E-state index in [1.165, 1.54) is 0 Å². The minimum atomic E-state index is -2.99. The van der Waals surface area contributed by atoms with Gasteiger partial charge in [0.15, 0.2) is 5.78 Å². The Labute approximate surface area is 314 Å². The molecule has 2 heterocycles. The van der Waals surface area contributed by atoms with Gasteiger partial charge in [0.1, 0.15) is 11.7 Å². The number of likely N-dealkylation sites (tertiary alicyclic amines) is 1. The predicted octanol–water partition coefficient (Wildman–Crippen LogP) is 9.77. The molecule has 0 N–H and O–H groups in total. The van der Waals surface area contributed by atoms with Crippen LogP contribution in [-0.2, 0) is 34.6 Å². The Kier molecular flexibility index (Phi) is 11.9. The second-order valence-corrected chi connectivity index (χ2v) is 24.6. The van der Waals surface area contributed by atoms with Crippen LogP contribution in [0.1, 0.15) is 77.6 Å². The maximum Gasteiger partial charge on any atom is 0.335 e. The summed E-state index contributed by atoms with van der Waals surface area (Å²) < 4.78 is 29.5. The molecular formula is C44H57NO5Si2. The summed E-state index contributed by atoms with van der Waals surface area (Å²) in [5, 5.41) is 0. The molecule has 3 atom stereocenters. The van der Waals surface area contributed by atoms with Gasteiger partial charge in [0.25, 0.3) is 0 Å². The van der Waals surface area contributed by atoms with Crippen molar-refractivity contribution in [2.45, 2.75) is 108 Å². The van der Waals surface area contributed by atoms with E-state index in [2.05, 4.69) is 157 Å². The van der Waals surface area contributed by atoms with Crippen LogP contribution in [0, 0.1) is 0 Å². The van der Waals surface area contributed by atoms with E-state index in [0.29, 0.717) is 13.1 Å². The minimum Gasteiger partial charge on any atom is -0.414 e. The maximum absolute atomic E-state index is 15.4. The number of piperidine rings is 1. The van der Waals surface area contributed by atoms with Crippen molar-refractivity contribution in [3.8, 4) is 0 Å². The third-order valence-corrected chi connectivity index (χ3v) is 21.5. The molecule has 0 saturated carbocycles. The quantitative estimate of drug-likeness (QED) is 0.107. The molecule has 2 aliphatic heterocycles. The van der Waals surface area contributed by atoms with E-state index < -0.39 is 41.0 Å². The number of hydrogen-bond donors (Lipinski definition) is 0. The first-order chi connectivity index (χ1) is 24.9. The van der Waals surface area contributed by atoms with Crippen molar-refractivity contribution in [2.24, 2.45) is 0 Å². The monoisotopic (exact) mass is 735 g/mol. The van der Waals surface area contributed by atoms with Crippen molar-refractivity contribution in [3.05, 3.63) is 144 Å². The molecule has 4 aromatic carbocycles. The van der Waals surface area contributed by atoms with E-state index in [4.69, 9.17) is 17.7 Å². The Balaban J connectivity index is 1.47. The van der Waals surface area contributed by atoms with E-state index in [1.807, 2.05) is 24.3 Å². The average molecular weight is 736 g/mol. The standard InChI is InChI=1S/C44H57NO5Si2/c1-32(2)51(33(3)4)48-41-30-45(29-36-21-13-9-14-22-36)40(42(46)43(41)49-52(50-51,34(5)6)35(7)8)31-47-44(37-23-15-10-16-24-37,38-25-17-11-18-26-38)39-27-19-12-20-28-39/h9-28,32-35,40-41,43H,29-31H2,1-8H3/t40-,41+,43-/m1/s1. The van der Waals surface area contributed by atoms with Crippen molar-refractivity contribution in [1.82, 2.24) is 4.90 Å². The summed E-state index contributed by atoms with van der Waals surface area (Å²) in [6, 6.07) is 40.9. The number of hydrogen-bond acceptors (Lipinski definition) is 6. The first kappa shape index (κ1) is 38.5.